The summed E-state index contributed by atoms with van der Waals surface area (Å²) in [7, 11) is 0. The van der Waals surface area contributed by atoms with Gasteiger partial charge in [0.25, 0.3) is 0 Å². The van der Waals surface area contributed by atoms with Gasteiger partial charge in [0.2, 0.25) is 5.91 Å². The van der Waals surface area contributed by atoms with Gasteiger partial charge in [-0.2, -0.15) is 0 Å². The molecule has 3 aromatic carbocycles. The first kappa shape index (κ1) is 34.5. The number of carboxylic acids is 1. The number of aliphatic carboxylic acids is 1. The number of cyclic esters (lactones) is 1. The second kappa shape index (κ2) is 16.3. The topological polar surface area (TPSA) is 131 Å². The number of rotatable bonds is 12. The van der Waals surface area contributed by atoms with Crippen molar-refractivity contribution in [2.24, 2.45) is 10.9 Å². The van der Waals surface area contributed by atoms with Crippen molar-refractivity contribution in [2.45, 2.75) is 51.2 Å². The maximum atomic E-state index is 13.7. The van der Waals surface area contributed by atoms with E-state index in [2.05, 4.69) is 10.2 Å². The first-order valence-corrected chi connectivity index (χ1v) is 15.3. The Hall–Kier alpha value is -4.34. The van der Waals surface area contributed by atoms with Crippen LogP contribution in [0.4, 0.5) is 10.5 Å². The third-order valence-electron chi connectivity index (χ3n) is 8.31. The molecule has 2 heterocycles. The van der Waals surface area contributed by atoms with Gasteiger partial charge in [0, 0.05) is 40.9 Å². The van der Waals surface area contributed by atoms with Crippen LogP contribution >= 0.6 is 0 Å². The minimum Gasteiger partial charge on any atom is -0.625 e. The Morgan fingerprint density at radius 2 is 1.65 bits per heavy atom. The van der Waals surface area contributed by atoms with Crippen LogP contribution in [0.25, 0.3) is 5.32 Å². The van der Waals surface area contributed by atoms with E-state index in [9.17, 15) is 24.3 Å². The Bertz CT molecular complexity index is 1550. The number of benzene rings is 3. The van der Waals surface area contributed by atoms with Gasteiger partial charge < -0.3 is 20.0 Å². The minimum atomic E-state index is -1.30. The van der Waals surface area contributed by atoms with Crippen LogP contribution in [-0.2, 0) is 42.2 Å². The summed E-state index contributed by atoms with van der Waals surface area (Å²) in [6.45, 7) is 3.49. The predicted octanol–water partition coefficient (Wildman–Crippen LogP) is 5.57. The Morgan fingerprint density at radius 3 is 2.30 bits per heavy atom. The maximum absolute atomic E-state index is 13.7. The fourth-order valence-electron chi connectivity index (χ4n) is 5.91. The summed E-state index contributed by atoms with van der Waals surface area (Å²) in [5.41, 5.74) is 3.04. The number of aliphatic imine (C=N–C) groups is 1. The molecule has 3 amide bonds. The fourth-order valence-corrected chi connectivity index (χ4v) is 5.91. The van der Waals surface area contributed by atoms with Gasteiger partial charge in [0.05, 0.1) is 24.2 Å². The maximum Gasteiger partial charge on any atom is 0.416 e. The van der Waals surface area contributed by atoms with Gasteiger partial charge in [-0.15, -0.1) is 5.69 Å². The molecule has 10 nitrogen and oxygen atoms in total. The number of likely N-dealkylation sites (tertiary alicyclic amines) is 1. The number of para-hydroxylation sites is 1. The molecule has 2 fully saturated rings. The van der Waals surface area contributed by atoms with E-state index in [1.165, 1.54) is 0 Å². The van der Waals surface area contributed by atoms with Crippen LogP contribution in [0.15, 0.2) is 89.9 Å². The van der Waals surface area contributed by atoms with Crippen molar-refractivity contribution >= 4 is 35.3 Å². The Morgan fingerprint density at radius 1 is 0.978 bits per heavy atom. The number of carbonyl (C=O) groups is 4. The molecule has 3 aromatic rings. The SMILES string of the molecule is CC[C@H](CC(=O)N1CCOC1=O)[C@@H](N=C(c1ccccc1)c1ccccc1[N-]C(=O)[C@@H]1CCCN1Cc1ccccc1)C(=O)O.[Ni]. The van der Waals surface area contributed by atoms with Crippen LogP contribution in [0.1, 0.15) is 49.3 Å². The van der Waals surface area contributed by atoms with Gasteiger partial charge in [0.1, 0.15) is 6.61 Å². The van der Waals surface area contributed by atoms with E-state index in [0.29, 0.717) is 41.9 Å². The molecule has 0 spiro atoms. The van der Waals surface area contributed by atoms with E-state index in [0.717, 1.165) is 23.4 Å². The normalized spacial score (nSPS) is 17.9. The molecule has 0 aliphatic carbocycles. The van der Waals surface area contributed by atoms with Crippen LogP contribution in [0, 0.1) is 5.92 Å². The van der Waals surface area contributed by atoms with Gasteiger partial charge in [-0.05, 0) is 30.5 Å². The third-order valence-corrected chi connectivity index (χ3v) is 8.31. The van der Waals surface area contributed by atoms with Crippen LogP contribution < -0.4 is 0 Å². The number of nitrogens with zero attached hydrogens (tertiary/aromatic N) is 4. The second-order valence-corrected chi connectivity index (χ2v) is 11.2. The average molecular weight is 668 g/mol. The van der Waals surface area contributed by atoms with E-state index < -0.39 is 29.9 Å². The first-order valence-electron chi connectivity index (χ1n) is 15.3. The van der Waals surface area contributed by atoms with Crippen molar-refractivity contribution in [1.82, 2.24) is 9.80 Å². The van der Waals surface area contributed by atoms with Crippen LogP contribution in [-0.4, -0.2) is 76.3 Å². The Balaban J connectivity index is 0.00000480. The zero-order valence-corrected chi connectivity index (χ0v) is 26.6. The number of hydrogen-bond donors (Lipinski definition) is 1. The molecular formula is C35H37N4NiO6-. The number of imide groups is 1. The van der Waals surface area contributed by atoms with Crippen molar-refractivity contribution < 1.29 is 45.5 Å². The smallest absolute Gasteiger partial charge is 0.416 e. The van der Waals surface area contributed by atoms with Crippen molar-refractivity contribution in [3.05, 3.63) is 107 Å². The predicted molar refractivity (Wildman–Crippen MR) is 169 cm³/mol. The summed E-state index contributed by atoms with van der Waals surface area (Å²) in [6, 6.07) is 24.6. The number of hydrogen-bond acceptors (Lipinski definition) is 7. The summed E-state index contributed by atoms with van der Waals surface area (Å²) in [5.74, 6) is -2.64. The molecule has 0 radical (unpaired) electrons. The molecule has 0 aromatic heterocycles. The van der Waals surface area contributed by atoms with Gasteiger partial charge in [-0.3, -0.25) is 14.7 Å². The summed E-state index contributed by atoms with van der Waals surface area (Å²) in [4.78, 5) is 59.2. The molecule has 3 atom stereocenters. The molecule has 2 saturated heterocycles. The van der Waals surface area contributed by atoms with Gasteiger partial charge in [-0.1, -0.05) is 98.3 Å². The molecule has 0 bridgehead atoms. The summed E-state index contributed by atoms with van der Waals surface area (Å²) >= 11 is 0. The van der Waals surface area contributed by atoms with Crippen LogP contribution in [0.3, 0.4) is 0 Å². The standard InChI is InChI=1S/C35H38N4O6.Ni/c1-2-25(22-30(40)39-20-21-45-35(39)44)32(34(42)43)37-31(26-14-7-4-8-15-26)27-16-9-10-17-28(27)36-33(41)29-18-11-19-38(29)23-24-12-5-3-6-13-24;/h3-10,12-17,25,29,32H,2,11,18-23H2,1H3,(H2,36,37,41,42,43);/p-1/t25-,29+,32-;/m1./s1. The molecule has 46 heavy (non-hydrogen) atoms. The van der Waals surface area contributed by atoms with Crippen molar-refractivity contribution in [1.29, 1.82) is 0 Å². The second-order valence-electron chi connectivity index (χ2n) is 11.2. The molecule has 11 heteroatoms. The summed E-state index contributed by atoms with van der Waals surface area (Å²) < 4.78 is 4.89. The van der Waals surface area contributed by atoms with E-state index in [1.807, 2.05) is 60.7 Å². The van der Waals surface area contributed by atoms with Crippen molar-refractivity contribution in [3.8, 4) is 0 Å². The Labute approximate surface area is 278 Å². The molecule has 2 aliphatic rings. The molecule has 0 unspecified atom stereocenters. The zero-order chi connectivity index (χ0) is 31.8. The number of amides is 3. The number of carbonyl (C=O) groups excluding carboxylic acids is 3. The fraction of sp³-hybridized carbons (Fsp3) is 0.343. The third kappa shape index (κ3) is 8.27. The van der Waals surface area contributed by atoms with E-state index in [4.69, 9.17) is 9.73 Å². The van der Waals surface area contributed by atoms with Gasteiger partial charge >= 0.3 is 12.1 Å². The van der Waals surface area contributed by atoms with Crippen molar-refractivity contribution in [2.75, 3.05) is 19.7 Å². The van der Waals surface area contributed by atoms with Crippen molar-refractivity contribution in [3.63, 3.8) is 0 Å². The zero-order valence-electron chi connectivity index (χ0n) is 25.6. The molecule has 0 saturated carbocycles. The summed E-state index contributed by atoms with van der Waals surface area (Å²) in [5, 5.41) is 14.9. The van der Waals surface area contributed by atoms with Gasteiger partial charge in [0.15, 0.2) is 6.04 Å². The van der Waals surface area contributed by atoms with Crippen LogP contribution in [0.5, 0.6) is 0 Å². The number of ether oxygens (including phenoxy) is 1. The molecule has 244 valence electrons. The largest absolute Gasteiger partial charge is 0.625 e. The quantitative estimate of drug-likeness (QED) is 0.197. The molecule has 2 aliphatic heterocycles. The van der Waals surface area contributed by atoms with Gasteiger partial charge in [-0.25, -0.2) is 14.5 Å². The van der Waals surface area contributed by atoms with Crippen LogP contribution in [0.2, 0.25) is 0 Å². The Kier molecular flexibility index (Phi) is 12.2. The summed E-state index contributed by atoms with van der Waals surface area (Å²) in [6.07, 6.45) is 1.02. The van der Waals surface area contributed by atoms with E-state index in [-0.39, 0.29) is 48.0 Å². The molecule has 5 rings (SSSR count). The van der Waals surface area contributed by atoms with E-state index in [1.54, 1.807) is 31.2 Å². The minimum absolute atomic E-state index is 0. The van der Waals surface area contributed by atoms with E-state index >= 15 is 0 Å². The number of carboxylic acid groups (broad SMARTS) is 1. The average Bonchev–Trinajstić information content (AvgIpc) is 3.70. The monoisotopic (exact) mass is 667 g/mol. The molecular weight excluding hydrogens is 631 g/mol. The molecule has 1 N–H and O–H groups in total. The first-order chi connectivity index (χ1) is 21.9.